The van der Waals surface area contributed by atoms with Crippen LogP contribution in [-0.4, -0.2) is 15.8 Å². The fraction of sp³-hybridized carbons (Fsp3) is 0.0714. The summed E-state index contributed by atoms with van der Waals surface area (Å²) in [5, 5.41) is 0. The zero-order valence-electron chi connectivity index (χ0n) is 9.54. The first-order chi connectivity index (χ1) is 8.83. The van der Waals surface area contributed by atoms with Gasteiger partial charge in [-0.05, 0) is 24.3 Å². The Morgan fingerprint density at radius 2 is 1.89 bits per heavy atom. The van der Waals surface area contributed by atoms with E-state index in [4.69, 9.17) is 4.42 Å². The van der Waals surface area contributed by atoms with E-state index in [0.29, 0.717) is 17.0 Å². The van der Waals surface area contributed by atoms with E-state index in [2.05, 4.69) is 9.97 Å². The van der Waals surface area contributed by atoms with Gasteiger partial charge in [0.05, 0.1) is 6.42 Å². The molecule has 0 saturated heterocycles. The third-order valence-corrected chi connectivity index (χ3v) is 2.65. The molecule has 0 N–H and O–H groups in total. The van der Waals surface area contributed by atoms with Crippen molar-refractivity contribution in [2.24, 2.45) is 0 Å². The van der Waals surface area contributed by atoms with Crippen LogP contribution in [0.5, 0.6) is 0 Å². The van der Waals surface area contributed by atoms with Crippen LogP contribution in [0.25, 0.3) is 11.1 Å². The number of para-hydroxylation sites is 2. The van der Waals surface area contributed by atoms with Gasteiger partial charge in [-0.1, -0.05) is 12.1 Å². The zero-order valence-corrected chi connectivity index (χ0v) is 9.54. The quantitative estimate of drug-likeness (QED) is 0.658. The highest BCUT2D eigenvalue weighted by molar-refractivity contribution is 5.97. The summed E-state index contributed by atoms with van der Waals surface area (Å²) in [5.74, 6) is 0.418. The molecule has 4 nitrogen and oxygen atoms in total. The minimum atomic E-state index is -0.0241. The van der Waals surface area contributed by atoms with Gasteiger partial charge in [0, 0.05) is 18.0 Å². The van der Waals surface area contributed by atoms with Crippen molar-refractivity contribution in [2.45, 2.75) is 6.42 Å². The predicted molar refractivity (Wildman–Crippen MR) is 66.3 cm³/mol. The van der Waals surface area contributed by atoms with E-state index < -0.39 is 0 Å². The highest BCUT2D eigenvalue weighted by Crippen LogP contribution is 2.16. The van der Waals surface area contributed by atoms with Crippen molar-refractivity contribution in [1.82, 2.24) is 9.97 Å². The molecular formula is C14H10N2O2. The number of ketones is 1. The van der Waals surface area contributed by atoms with Crippen LogP contribution in [0.15, 0.2) is 53.2 Å². The van der Waals surface area contributed by atoms with Crippen LogP contribution in [0, 0.1) is 0 Å². The van der Waals surface area contributed by atoms with E-state index in [-0.39, 0.29) is 12.2 Å². The molecule has 0 bridgehead atoms. The normalized spacial score (nSPS) is 10.7. The molecule has 0 atom stereocenters. The summed E-state index contributed by atoms with van der Waals surface area (Å²) in [6, 6.07) is 10.8. The number of oxazole rings is 1. The second kappa shape index (κ2) is 4.41. The molecule has 0 fully saturated rings. The Kier molecular flexibility index (Phi) is 2.61. The van der Waals surface area contributed by atoms with Crippen LogP contribution in [0.4, 0.5) is 0 Å². The molecule has 0 aliphatic carbocycles. The van der Waals surface area contributed by atoms with Crippen molar-refractivity contribution in [3.05, 3.63) is 60.2 Å². The van der Waals surface area contributed by atoms with Crippen molar-refractivity contribution < 1.29 is 9.21 Å². The summed E-state index contributed by atoms with van der Waals surface area (Å²) in [5.41, 5.74) is 2.09. The van der Waals surface area contributed by atoms with Crippen LogP contribution < -0.4 is 0 Å². The molecule has 88 valence electrons. The van der Waals surface area contributed by atoms with Crippen LogP contribution in [-0.2, 0) is 6.42 Å². The maximum absolute atomic E-state index is 12.0. The Bertz CT molecular complexity index is 656. The highest BCUT2D eigenvalue weighted by Gasteiger charge is 2.11. The minimum Gasteiger partial charge on any atom is -0.440 e. The molecule has 3 rings (SSSR count). The smallest absolute Gasteiger partial charge is 0.203 e. The summed E-state index contributed by atoms with van der Waals surface area (Å²) in [6.07, 6.45) is 3.36. The first kappa shape index (κ1) is 10.7. The molecule has 0 radical (unpaired) electrons. The van der Waals surface area contributed by atoms with E-state index >= 15 is 0 Å². The molecule has 0 unspecified atom stereocenters. The standard InChI is InChI=1S/C14H10N2O2/c17-12(10-5-7-15-8-6-10)9-14-16-11-3-1-2-4-13(11)18-14/h1-8H,9H2. The molecular weight excluding hydrogens is 228 g/mol. The van der Waals surface area contributed by atoms with Gasteiger partial charge in [0.1, 0.15) is 5.52 Å². The van der Waals surface area contributed by atoms with Crippen LogP contribution >= 0.6 is 0 Å². The largest absolute Gasteiger partial charge is 0.440 e. The lowest BCUT2D eigenvalue weighted by molar-refractivity contribution is 0.0986. The van der Waals surface area contributed by atoms with Crippen LogP contribution in [0.3, 0.4) is 0 Å². The molecule has 1 aromatic carbocycles. The Balaban J connectivity index is 1.86. The van der Waals surface area contributed by atoms with Gasteiger partial charge in [-0.3, -0.25) is 9.78 Å². The number of fused-ring (bicyclic) bond motifs is 1. The van der Waals surface area contributed by atoms with Gasteiger partial charge in [0.25, 0.3) is 0 Å². The first-order valence-electron chi connectivity index (χ1n) is 5.60. The maximum atomic E-state index is 12.0. The van der Waals surface area contributed by atoms with Crippen molar-refractivity contribution in [3.8, 4) is 0 Å². The zero-order chi connectivity index (χ0) is 12.4. The Morgan fingerprint density at radius 1 is 1.11 bits per heavy atom. The average molecular weight is 238 g/mol. The molecule has 2 heterocycles. The number of hydrogen-bond donors (Lipinski definition) is 0. The second-order valence-electron chi connectivity index (χ2n) is 3.91. The summed E-state index contributed by atoms with van der Waals surface area (Å²) in [4.78, 5) is 20.1. The van der Waals surface area contributed by atoms with Gasteiger partial charge in [0.2, 0.25) is 5.89 Å². The van der Waals surface area contributed by atoms with Gasteiger partial charge >= 0.3 is 0 Å². The van der Waals surface area contributed by atoms with Gasteiger partial charge in [-0.25, -0.2) is 4.98 Å². The van der Waals surface area contributed by atoms with Crippen LogP contribution in [0.2, 0.25) is 0 Å². The van der Waals surface area contributed by atoms with E-state index in [0.717, 1.165) is 5.52 Å². The number of carbonyl (C=O) groups is 1. The summed E-state index contributed by atoms with van der Waals surface area (Å²) >= 11 is 0. The fourth-order valence-corrected chi connectivity index (χ4v) is 1.77. The molecule has 0 saturated carbocycles. The van der Waals surface area contributed by atoms with E-state index in [1.54, 1.807) is 24.5 Å². The lowest BCUT2D eigenvalue weighted by atomic mass is 10.1. The first-order valence-corrected chi connectivity index (χ1v) is 5.60. The van der Waals surface area contributed by atoms with Crippen molar-refractivity contribution in [3.63, 3.8) is 0 Å². The molecule has 3 aromatic rings. The molecule has 2 aromatic heterocycles. The average Bonchev–Trinajstić information content (AvgIpc) is 2.82. The number of aromatic nitrogens is 2. The minimum absolute atomic E-state index is 0.0241. The Hall–Kier alpha value is -2.49. The van der Waals surface area contributed by atoms with Crippen molar-refractivity contribution >= 4 is 16.9 Å². The third kappa shape index (κ3) is 2.00. The highest BCUT2D eigenvalue weighted by atomic mass is 16.3. The lowest BCUT2D eigenvalue weighted by Gasteiger charge is -1.96. The molecule has 0 aliphatic heterocycles. The predicted octanol–water partition coefficient (Wildman–Crippen LogP) is 2.65. The number of carbonyl (C=O) groups excluding carboxylic acids is 1. The van der Waals surface area contributed by atoms with Gasteiger partial charge < -0.3 is 4.42 Å². The number of hydrogen-bond acceptors (Lipinski definition) is 4. The summed E-state index contributed by atoms with van der Waals surface area (Å²) in [7, 11) is 0. The molecule has 0 spiro atoms. The van der Waals surface area contributed by atoms with Gasteiger partial charge in [0.15, 0.2) is 11.4 Å². The van der Waals surface area contributed by atoms with E-state index in [1.165, 1.54) is 0 Å². The number of benzene rings is 1. The third-order valence-electron chi connectivity index (χ3n) is 2.65. The SMILES string of the molecule is O=C(Cc1nc2ccccc2o1)c1ccncc1. The number of rotatable bonds is 3. The Labute approximate surface area is 103 Å². The van der Waals surface area contributed by atoms with E-state index in [1.807, 2.05) is 24.3 Å². The number of pyridine rings is 1. The fourth-order valence-electron chi connectivity index (χ4n) is 1.77. The number of nitrogens with zero attached hydrogens (tertiary/aromatic N) is 2. The molecule has 0 aliphatic rings. The molecule has 4 heteroatoms. The molecule has 0 amide bonds. The van der Waals surface area contributed by atoms with Crippen molar-refractivity contribution in [1.29, 1.82) is 0 Å². The van der Waals surface area contributed by atoms with E-state index in [9.17, 15) is 4.79 Å². The van der Waals surface area contributed by atoms with Gasteiger partial charge in [-0.2, -0.15) is 0 Å². The number of Topliss-reactive ketones (excluding diaryl/α,β-unsaturated/α-hetero) is 1. The lowest BCUT2D eigenvalue weighted by Crippen LogP contribution is -2.03. The molecule has 18 heavy (non-hydrogen) atoms. The summed E-state index contributed by atoms with van der Waals surface area (Å²) in [6.45, 7) is 0. The second-order valence-corrected chi connectivity index (χ2v) is 3.91. The Morgan fingerprint density at radius 3 is 2.67 bits per heavy atom. The van der Waals surface area contributed by atoms with Gasteiger partial charge in [-0.15, -0.1) is 0 Å². The van der Waals surface area contributed by atoms with Crippen LogP contribution in [0.1, 0.15) is 16.2 Å². The van der Waals surface area contributed by atoms with Crippen molar-refractivity contribution in [2.75, 3.05) is 0 Å². The topological polar surface area (TPSA) is 56.0 Å². The maximum Gasteiger partial charge on any atom is 0.203 e. The monoisotopic (exact) mass is 238 g/mol. The summed E-state index contributed by atoms with van der Waals surface area (Å²) < 4.78 is 5.51.